The Balaban J connectivity index is 1.08. The second kappa shape index (κ2) is 10.6. The Morgan fingerprint density at radius 3 is 2.76 bits per heavy atom. The number of piperazine rings is 1. The van der Waals surface area contributed by atoms with Gasteiger partial charge < -0.3 is 14.4 Å². The first-order valence-corrected chi connectivity index (χ1v) is 13.3. The number of amides is 1. The van der Waals surface area contributed by atoms with Crippen LogP contribution in [-0.4, -0.2) is 88.3 Å². The zero-order valence-corrected chi connectivity index (χ0v) is 21.6. The maximum absolute atomic E-state index is 13.6. The maximum atomic E-state index is 13.6. The number of methoxy groups -OCH3 is 1. The standard InChI is InChI=1S/C28H32N6O4/c1-37-26(21-5-7-24-20(15-21)9-14-38-28(24)36)17-32-10-12-33(13-11-32)27(35)25-4-2-3-19-16-22(6-8-23(19)25)34-18-29-30-31-34/h5-8,15-16,18,25-26H,2-4,9-14,17H2,1H3. The van der Waals surface area contributed by atoms with Gasteiger partial charge in [-0.05, 0) is 70.1 Å². The SMILES string of the molecule is COC(CN1CCN(C(=O)C2CCCc3cc(-n4cnnn4)ccc32)CC1)c1ccc2c(c1)CCOC2=O. The van der Waals surface area contributed by atoms with Crippen LogP contribution in [0.3, 0.4) is 0 Å². The fourth-order valence-corrected chi connectivity index (χ4v) is 5.95. The summed E-state index contributed by atoms with van der Waals surface area (Å²) in [5.41, 5.74) is 6.01. The number of rotatable bonds is 6. The van der Waals surface area contributed by atoms with Crippen LogP contribution in [0.2, 0.25) is 0 Å². The first-order chi connectivity index (χ1) is 18.6. The number of esters is 1. The quantitative estimate of drug-likeness (QED) is 0.460. The number of hydrogen-bond acceptors (Lipinski definition) is 8. The second-order valence-electron chi connectivity index (χ2n) is 10.2. The monoisotopic (exact) mass is 516 g/mol. The molecule has 2 aliphatic heterocycles. The lowest BCUT2D eigenvalue weighted by molar-refractivity contribution is -0.135. The number of ether oxygens (including phenoxy) is 2. The molecular weight excluding hydrogens is 484 g/mol. The number of cyclic esters (lactones) is 1. The van der Waals surface area contributed by atoms with Crippen LogP contribution in [0.15, 0.2) is 42.7 Å². The largest absolute Gasteiger partial charge is 0.462 e. The third-order valence-electron chi connectivity index (χ3n) is 8.07. The van der Waals surface area contributed by atoms with Crippen LogP contribution in [0.1, 0.15) is 57.5 Å². The molecule has 0 spiro atoms. The Bertz CT molecular complexity index is 1320. The number of carbonyl (C=O) groups excluding carboxylic acids is 2. The van der Waals surface area contributed by atoms with Crippen molar-refractivity contribution in [1.82, 2.24) is 30.0 Å². The number of aryl methyl sites for hydroxylation is 1. The number of nitrogens with zero attached hydrogens (tertiary/aromatic N) is 6. The number of carbonyl (C=O) groups is 2. The second-order valence-corrected chi connectivity index (χ2v) is 10.2. The average molecular weight is 517 g/mol. The number of aromatic nitrogens is 4. The fraction of sp³-hybridized carbons (Fsp3) is 0.464. The minimum absolute atomic E-state index is 0.0952. The molecule has 2 unspecified atom stereocenters. The third kappa shape index (κ3) is 4.81. The molecule has 3 aliphatic rings. The summed E-state index contributed by atoms with van der Waals surface area (Å²) < 4.78 is 12.6. The summed E-state index contributed by atoms with van der Waals surface area (Å²) in [7, 11) is 1.73. The Morgan fingerprint density at radius 1 is 1.11 bits per heavy atom. The molecule has 1 amide bonds. The molecule has 1 fully saturated rings. The van der Waals surface area contributed by atoms with Gasteiger partial charge in [-0.15, -0.1) is 5.10 Å². The van der Waals surface area contributed by atoms with Crippen LogP contribution >= 0.6 is 0 Å². The third-order valence-corrected chi connectivity index (χ3v) is 8.07. The topological polar surface area (TPSA) is 103 Å². The van der Waals surface area contributed by atoms with Crippen molar-refractivity contribution in [2.75, 3.05) is 46.4 Å². The molecule has 0 N–H and O–H groups in total. The highest BCUT2D eigenvalue weighted by Gasteiger charge is 2.32. The van der Waals surface area contributed by atoms with Crippen LogP contribution in [0.25, 0.3) is 5.69 Å². The molecule has 0 radical (unpaired) electrons. The summed E-state index contributed by atoms with van der Waals surface area (Å²) >= 11 is 0. The molecule has 1 saturated heterocycles. The van der Waals surface area contributed by atoms with E-state index >= 15 is 0 Å². The summed E-state index contributed by atoms with van der Waals surface area (Å²) in [4.78, 5) is 30.0. The van der Waals surface area contributed by atoms with Gasteiger partial charge in [-0.25, -0.2) is 9.48 Å². The highest BCUT2D eigenvalue weighted by molar-refractivity contribution is 5.92. The normalized spacial score (nSPS) is 20.4. The summed E-state index contributed by atoms with van der Waals surface area (Å²) in [5.74, 6) is -0.117. The lowest BCUT2D eigenvalue weighted by Gasteiger charge is -2.38. The minimum atomic E-state index is -0.249. The van der Waals surface area contributed by atoms with Gasteiger partial charge in [-0.3, -0.25) is 9.69 Å². The lowest BCUT2D eigenvalue weighted by Crippen LogP contribution is -2.51. The summed E-state index contributed by atoms with van der Waals surface area (Å²) in [6.45, 7) is 4.20. The van der Waals surface area contributed by atoms with Crippen molar-refractivity contribution < 1.29 is 19.1 Å². The summed E-state index contributed by atoms with van der Waals surface area (Å²) in [6.07, 6.45) is 5.06. The average Bonchev–Trinajstić information content (AvgIpc) is 3.50. The van der Waals surface area contributed by atoms with E-state index in [9.17, 15) is 9.59 Å². The summed E-state index contributed by atoms with van der Waals surface area (Å²) in [6, 6.07) is 12.1. The van der Waals surface area contributed by atoms with Crippen LogP contribution in [0, 0.1) is 0 Å². The highest BCUT2D eigenvalue weighted by atomic mass is 16.5. The van der Waals surface area contributed by atoms with Crippen molar-refractivity contribution in [2.45, 2.75) is 37.7 Å². The van der Waals surface area contributed by atoms with E-state index in [0.717, 1.165) is 67.7 Å². The molecule has 0 bridgehead atoms. The predicted molar refractivity (Wildman–Crippen MR) is 138 cm³/mol. The number of benzene rings is 2. The van der Waals surface area contributed by atoms with E-state index in [2.05, 4.69) is 38.6 Å². The van der Waals surface area contributed by atoms with E-state index in [4.69, 9.17) is 9.47 Å². The van der Waals surface area contributed by atoms with E-state index < -0.39 is 0 Å². The lowest BCUT2D eigenvalue weighted by atomic mass is 9.81. The Kier molecular flexibility index (Phi) is 6.90. The van der Waals surface area contributed by atoms with Gasteiger partial charge in [0, 0.05) is 46.3 Å². The molecule has 38 heavy (non-hydrogen) atoms. The predicted octanol–water partition coefficient (Wildman–Crippen LogP) is 2.33. The number of tetrazole rings is 1. The van der Waals surface area contributed by atoms with Crippen molar-refractivity contribution in [3.63, 3.8) is 0 Å². The van der Waals surface area contributed by atoms with Crippen molar-refractivity contribution >= 4 is 11.9 Å². The molecule has 1 aliphatic carbocycles. The van der Waals surface area contributed by atoms with E-state index in [0.29, 0.717) is 25.3 Å². The molecule has 3 heterocycles. The Hall–Kier alpha value is -3.63. The molecule has 2 aromatic carbocycles. The molecule has 6 rings (SSSR count). The van der Waals surface area contributed by atoms with Crippen molar-refractivity contribution in [1.29, 1.82) is 0 Å². The van der Waals surface area contributed by atoms with Gasteiger partial charge in [0.05, 0.1) is 29.9 Å². The van der Waals surface area contributed by atoms with Crippen LogP contribution < -0.4 is 0 Å². The molecular formula is C28H32N6O4. The fourth-order valence-electron chi connectivity index (χ4n) is 5.95. The molecule has 3 aromatic rings. The minimum Gasteiger partial charge on any atom is -0.462 e. The van der Waals surface area contributed by atoms with Gasteiger partial charge in [0.25, 0.3) is 0 Å². The van der Waals surface area contributed by atoms with E-state index in [1.54, 1.807) is 18.1 Å². The van der Waals surface area contributed by atoms with Gasteiger partial charge in [-0.1, -0.05) is 18.2 Å². The maximum Gasteiger partial charge on any atom is 0.338 e. The highest BCUT2D eigenvalue weighted by Crippen LogP contribution is 2.34. The van der Waals surface area contributed by atoms with E-state index in [1.165, 1.54) is 5.56 Å². The van der Waals surface area contributed by atoms with Crippen LogP contribution in [-0.2, 0) is 27.1 Å². The molecule has 10 heteroatoms. The Morgan fingerprint density at radius 2 is 1.97 bits per heavy atom. The molecule has 198 valence electrons. The van der Waals surface area contributed by atoms with E-state index in [-0.39, 0.29) is 23.9 Å². The first-order valence-electron chi connectivity index (χ1n) is 13.3. The van der Waals surface area contributed by atoms with Gasteiger partial charge in [0.15, 0.2) is 0 Å². The number of hydrogen-bond donors (Lipinski definition) is 0. The zero-order valence-electron chi connectivity index (χ0n) is 21.6. The van der Waals surface area contributed by atoms with Crippen molar-refractivity contribution in [3.8, 4) is 5.69 Å². The van der Waals surface area contributed by atoms with Crippen LogP contribution in [0.5, 0.6) is 0 Å². The van der Waals surface area contributed by atoms with Gasteiger partial charge in [-0.2, -0.15) is 0 Å². The first kappa shape index (κ1) is 24.7. The van der Waals surface area contributed by atoms with Crippen molar-refractivity contribution in [3.05, 3.63) is 70.5 Å². The zero-order chi connectivity index (χ0) is 26.1. The Labute approximate surface area is 221 Å². The summed E-state index contributed by atoms with van der Waals surface area (Å²) in [5, 5.41) is 11.4. The van der Waals surface area contributed by atoms with E-state index in [1.807, 2.05) is 23.1 Å². The number of fused-ring (bicyclic) bond motifs is 2. The van der Waals surface area contributed by atoms with Gasteiger partial charge in [0.1, 0.15) is 6.33 Å². The molecule has 0 saturated carbocycles. The van der Waals surface area contributed by atoms with Crippen LogP contribution in [0.4, 0.5) is 0 Å². The molecule has 1 aromatic heterocycles. The molecule has 10 nitrogen and oxygen atoms in total. The van der Waals surface area contributed by atoms with Gasteiger partial charge in [0.2, 0.25) is 5.91 Å². The van der Waals surface area contributed by atoms with Crippen molar-refractivity contribution in [2.24, 2.45) is 0 Å². The molecule has 2 atom stereocenters. The van der Waals surface area contributed by atoms with Gasteiger partial charge >= 0.3 is 5.97 Å². The smallest absolute Gasteiger partial charge is 0.338 e.